The first-order chi connectivity index (χ1) is 14.5. The number of hydrogen-bond acceptors (Lipinski definition) is 6. The van der Waals surface area contributed by atoms with Crippen molar-refractivity contribution in [2.75, 3.05) is 36.9 Å². The smallest absolute Gasteiger partial charge is 0.227 e. The van der Waals surface area contributed by atoms with E-state index in [1.165, 1.54) is 0 Å². The lowest BCUT2D eigenvalue weighted by atomic mass is 9.72. The van der Waals surface area contributed by atoms with Crippen molar-refractivity contribution < 1.29 is 9.59 Å². The van der Waals surface area contributed by atoms with Crippen molar-refractivity contribution in [2.45, 2.75) is 57.5 Å². The Balaban J connectivity index is 1.40. The van der Waals surface area contributed by atoms with Gasteiger partial charge < -0.3 is 20.4 Å². The third-order valence-corrected chi connectivity index (χ3v) is 7.31. The number of carbonyl (C=O) groups excluding carboxylic acids is 2. The van der Waals surface area contributed by atoms with Crippen molar-refractivity contribution in [1.29, 1.82) is 0 Å². The van der Waals surface area contributed by atoms with Gasteiger partial charge in [0.15, 0.2) is 0 Å². The maximum atomic E-state index is 12.9. The van der Waals surface area contributed by atoms with E-state index >= 15 is 0 Å². The van der Waals surface area contributed by atoms with Crippen molar-refractivity contribution in [3.63, 3.8) is 0 Å². The van der Waals surface area contributed by atoms with Gasteiger partial charge in [0.2, 0.25) is 17.8 Å². The zero-order valence-corrected chi connectivity index (χ0v) is 17.9. The van der Waals surface area contributed by atoms with E-state index in [1.807, 2.05) is 20.0 Å². The van der Waals surface area contributed by atoms with Gasteiger partial charge in [-0.2, -0.15) is 4.98 Å². The maximum absolute atomic E-state index is 12.9. The molecule has 0 aromatic carbocycles. The molecule has 1 aliphatic carbocycles. The molecule has 3 aliphatic heterocycles. The molecule has 4 aliphatic rings. The molecule has 8 heteroatoms. The average molecular weight is 413 g/mol. The van der Waals surface area contributed by atoms with Gasteiger partial charge in [-0.1, -0.05) is 0 Å². The van der Waals surface area contributed by atoms with Crippen LogP contribution in [0.4, 0.5) is 11.8 Å². The van der Waals surface area contributed by atoms with Gasteiger partial charge in [0.25, 0.3) is 0 Å². The van der Waals surface area contributed by atoms with Gasteiger partial charge in [-0.05, 0) is 50.9 Å². The molecule has 5 rings (SSSR count). The van der Waals surface area contributed by atoms with Gasteiger partial charge >= 0.3 is 0 Å². The summed E-state index contributed by atoms with van der Waals surface area (Å²) in [4.78, 5) is 39.1. The number of aromatic nitrogens is 2. The van der Waals surface area contributed by atoms with Gasteiger partial charge in [-0.3, -0.25) is 9.59 Å². The molecule has 162 valence electrons. The summed E-state index contributed by atoms with van der Waals surface area (Å²) in [5.41, 5.74) is 0.947. The molecule has 2 N–H and O–H groups in total. The summed E-state index contributed by atoms with van der Waals surface area (Å²) in [6.07, 6.45) is 5.77. The molecule has 30 heavy (non-hydrogen) atoms. The van der Waals surface area contributed by atoms with Crippen LogP contribution < -0.4 is 15.5 Å². The number of nitrogens with zero attached hydrogens (tertiary/aromatic N) is 4. The molecular formula is C22H32N6O2. The van der Waals surface area contributed by atoms with Crippen LogP contribution in [0.3, 0.4) is 0 Å². The monoisotopic (exact) mass is 412 g/mol. The highest BCUT2D eigenvalue weighted by atomic mass is 16.2. The Morgan fingerprint density at radius 3 is 2.77 bits per heavy atom. The summed E-state index contributed by atoms with van der Waals surface area (Å²) in [7, 11) is 1.88. The summed E-state index contributed by atoms with van der Waals surface area (Å²) in [5.74, 6) is 2.98. The third-order valence-electron chi connectivity index (χ3n) is 7.31. The fraction of sp³-hybridized carbons (Fsp3) is 0.727. The second-order valence-electron chi connectivity index (χ2n) is 9.45. The first-order valence-electron chi connectivity index (χ1n) is 11.4. The molecule has 4 heterocycles. The lowest BCUT2D eigenvalue weighted by molar-refractivity contribution is -0.149. The van der Waals surface area contributed by atoms with Gasteiger partial charge in [-0.15, -0.1) is 0 Å². The molecule has 4 fully saturated rings. The van der Waals surface area contributed by atoms with E-state index in [2.05, 4.69) is 20.4 Å². The fourth-order valence-corrected chi connectivity index (χ4v) is 5.72. The van der Waals surface area contributed by atoms with Crippen LogP contribution in [0.1, 0.15) is 44.2 Å². The molecule has 1 saturated carbocycles. The molecule has 1 aromatic heterocycles. The largest absolute Gasteiger partial charge is 0.373 e. The quantitative estimate of drug-likeness (QED) is 0.763. The predicted molar refractivity (Wildman–Crippen MR) is 114 cm³/mol. The molecule has 8 nitrogen and oxygen atoms in total. The molecule has 2 bridgehead atoms. The van der Waals surface area contributed by atoms with Crippen molar-refractivity contribution in [2.24, 2.45) is 17.8 Å². The van der Waals surface area contributed by atoms with E-state index in [0.717, 1.165) is 62.7 Å². The van der Waals surface area contributed by atoms with Crippen LogP contribution in [0, 0.1) is 24.7 Å². The third kappa shape index (κ3) is 3.61. The molecule has 0 spiro atoms. The summed E-state index contributed by atoms with van der Waals surface area (Å²) in [5, 5.41) is 6.29. The summed E-state index contributed by atoms with van der Waals surface area (Å²) in [6.45, 7) is 4.27. The lowest BCUT2D eigenvalue weighted by Crippen LogP contribution is -2.67. The van der Waals surface area contributed by atoms with E-state index in [9.17, 15) is 9.59 Å². The van der Waals surface area contributed by atoms with E-state index in [4.69, 9.17) is 9.97 Å². The summed E-state index contributed by atoms with van der Waals surface area (Å²) >= 11 is 0. The minimum atomic E-state index is 0.0677. The van der Waals surface area contributed by atoms with Crippen LogP contribution >= 0.6 is 0 Å². The SMILES string of the molecule is CNc1cc(C)nc(N2C[C@H]3C[C@@H](C2)[C@H](CNC(=O)C2CC2)N2C(=O)CCC[C@@H]32)n1. The molecule has 4 atom stereocenters. The Bertz CT molecular complexity index is 841. The number of carbonyl (C=O) groups is 2. The van der Waals surface area contributed by atoms with E-state index in [-0.39, 0.29) is 29.8 Å². The highest BCUT2D eigenvalue weighted by molar-refractivity contribution is 5.81. The van der Waals surface area contributed by atoms with Crippen LogP contribution in [0.15, 0.2) is 6.07 Å². The van der Waals surface area contributed by atoms with E-state index in [1.54, 1.807) is 0 Å². The number of nitrogens with one attached hydrogen (secondary N) is 2. The predicted octanol–water partition coefficient (Wildman–Crippen LogP) is 1.56. The molecule has 2 amide bonds. The summed E-state index contributed by atoms with van der Waals surface area (Å²) in [6, 6.07) is 2.28. The highest BCUT2D eigenvalue weighted by Crippen LogP contribution is 2.42. The number of hydrogen-bond donors (Lipinski definition) is 2. The Hall–Kier alpha value is -2.38. The van der Waals surface area contributed by atoms with Crippen LogP contribution in [0.2, 0.25) is 0 Å². The lowest BCUT2D eigenvalue weighted by Gasteiger charge is -2.56. The zero-order valence-electron chi connectivity index (χ0n) is 17.9. The number of anilines is 2. The first kappa shape index (κ1) is 19.6. The Morgan fingerprint density at radius 2 is 2.00 bits per heavy atom. The van der Waals surface area contributed by atoms with Crippen molar-refractivity contribution >= 4 is 23.6 Å². The van der Waals surface area contributed by atoms with Crippen molar-refractivity contribution in [3.8, 4) is 0 Å². The standard InChI is InChI=1S/C22H32N6O2/c1-13-8-19(23-2)26-22(25-13)27-11-15-9-16(12-27)18(10-24-21(30)14-6-7-14)28-17(15)4-3-5-20(28)29/h8,14-18H,3-7,9-12H2,1-2H3,(H,24,30)(H,23,25,26)/t15-,16+,17+,18+/m1/s1. The second kappa shape index (κ2) is 7.71. The number of aryl methyl sites for hydroxylation is 1. The number of amides is 2. The second-order valence-corrected chi connectivity index (χ2v) is 9.45. The molecule has 0 radical (unpaired) electrons. The topological polar surface area (TPSA) is 90.5 Å². The van der Waals surface area contributed by atoms with Gasteiger partial charge in [-0.25, -0.2) is 4.98 Å². The normalized spacial score (nSPS) is 30.7. The molecule has 3 saturated heterocycles. The Morgan fingerprint density at radius 1 is 1.20 bits per heavy atom. The van der Waals surface area contributed by atoms with Crippen molar-refractivity contribution in [3.05, 3.63) is 11.8 Å². The van der Waals surface area contributed by atoms with Gasteiger partial charge in [0.05, 0.1) is 6.04 Å². The van der Waals surface area contributed by atoms with Crippen molar-refractivity contribution in [1.82, 2.24) is 20.2 Å². The zero-order chi connectivity index (χ0) is 20.8. The average Bonchev–Trinajstić information content (AvgIpc) is 3.59. The summed E-state index contributed by atoms with van der Waals surface area (Å²) < 4.78 is 0. The Labute approximate surface area is 177 Å². The van der Waals surface area contributed by atoms with Gasteiger partial charge in [0.1, 0.15) is 5.82 Å². The fourth-order valence-electron chi connectivity index (χ4n) is 5.72. The van der Waals surface area contributed by atoms with E-state index in [0.29, 0.717) is 24.8 Å². The molecule has 0 unspecified atom stereocenters. The van der Waals surface area contributed by atoms with Crippen LogP contribution in [-0.4, -0.2) is 65.4 Å². The van der Waals surface area contributed by atoms with Gasteiger partial charge in [0, 0.05) is 56.8 Å². The Kier molecular flexibility index (Phi) is 5.03. The van der Waals surface area contributed by atoms with Crippen LogP contribution in [0.5, 0.6) is 0 Å². The van der Waals surface area contributed by atoms with Crippen LogP contribution in [-0.2, 0) is 9.59 Å². The molecular weight excluding hydrogens is 380 g/mol. The number of piperidine rings is 3. The molecule has 1 aromatic rings. The first-order valence-corrected chi connectivity index (χ1v) is 11.4. The van der Waals surface area contributed by atoms with Crippen LogP contribution in [0.25, 0.3) is 0 Å². The minimum absolute atomic E-state index is 0.0677. The van der Waals surface area contributed by atoms with E-state index < -0.39 is 0 Å². The minimum Gasteiger partial charge on any atom is -0.373 e. The number of rotatable bonds is 5. The highest BCUT2D eigenvalue weighted by Gasteiger charge is 2.50. The maximum Gasteiger partial charge on any atom is 0.227 e. The number of fused-ring (bicyclic) bond motifs is 4.